The fourth-order valence-corrected chi connectivity index (χ4v) is 2.86. The van der Waals surface area contributed by atoms with Gasteiger partial charge in [0, 0.05) is 17.0 Å². The van der Waals surface area contributed by atoms with E-state index in [2.05, 4.69) is 15.0 Å². The van der Waals surface area contributed by atoms with Gasteiger partial charge in [-0.2, -0.15) is 4.98 Å². The van der Waals surface area contributed by atoms with Gasteiger partial charge in [0.1, 0.15) is 24.2 Å². The summed E-state index contributed by atoms with van der Waals surface area (Å²) in [5, 5.41) is 13.4. The average molecular weight is 381 g/mol. The third-order valence-electron chi connectivity index (χ3n) is 4.50. The van der Waals surface area contributed by atoms with E-state index in [4.69, 9.17) is 26.5 Å². The van der Waals surface area contributed by atoms with E-state index < -0.39 is 48.3 Å². The topological polar surface area (TPSA) is 191 Å². The minimum absolute atomic E-state index is 0.0243. The first-order valence-electron chi connectivity index (χ1n) is 8.32. The Morgan fingerprint density at radius 2 is 2.30 bits per heavy atom. The van der Waals surface area contributed by atoms with Crippen molar-refractivity contribution in [2.24, 2.45) is 22.7 Å². The first-order chi connectivity index (χ1) is 12.7. The van der Waals surface area contributed by atoms with Gasteiger partial charge in [0.25, 0.3) is 0 Å². The summed E-state index contributed by atoms with van der Waals surface area (Å²) in [6, 6.07) is 0.472. The molecule has 0 spiro atoms. The molecule has 1 saturated heterocycles. The van der Waals surface area contributed by atoms with Crippen LogP contribution in [-0.4, -0.2) is 45.1 Å². The summed E-state index contributed by atoms with van der Waals surface area (Å²) in [5.41, 5.74) is 17.6. The predicted molar refractivity (Wildman–Crippen MR) is 93.9 cm³/mol. The summed E-state index contributed by atoms with van der Waals surface area (Å²) in [4.78, 5) is 30.8. The second-order valence-electron chi connectivity index (χ2n) is 6.73. The van der Waals surface area contributed by atoms with Crippen LogP contribution in [0.1, 0.15) is 27.0 Å². The van der Waals surface area contributed by atoms with E-state index in [1.807, 2.05) is 0 Å². The minimum atomic E-state index is -1.91. The summed E-state index contributed by atoms with van der Waals surface area (Å²) in [7, 11) is 0. The smallest absolute Gasteiger partial charge is 0.351 e. The van der Waals surface area contributed by atoms with Crippen LogP contribution in [0.15, 0.2) is 22.2 Å². The van der Waals surface area contributed by atoms with Crippen molar-refractivity contribution >= 4 is 11.8 Å². The maximum absolute atomic E-state index is 12.3. The van der Waals surface area contributed by atoms with Crippen LogP contribution in [0, 0.1) is 11.8 Å². The summed E-state index contributed by atoms with van der Waals surface area (Å²) in [6.45, 7) is 4.34. The monoisotopic (exact) mass is 381 g/mol. The lowest BCUT2D eigenvalue weighted by Crippen LogP contribution is -2.48. The highest BCUT2D eigenvalue weighted by atomic mass is 16.6. The normalized spacial score (nSPS) is 28.6. The highest BCUT2D eigenvalue weighted by molar-refractivity contribution is 5.76. The van der Waals surface area contributed by atoms with Gasteiger partial charge in [-0.15, -0.1) is 0 Å². The Bertz CT molecular complexity index is 806. The molecule has 0 aliphatic carbocycles. The van der Waals surface area contributed by atoms with Crippen LogP contribution in [0.2, 0.25) is 0 Å². The fourth-order valence-electron chi connectivity index (χ4n) is 2.86. The molecule has 0 saturated carbocycles. The van der Waals surface area contributed by atoms with Crippen LogP contribution in [0.4, 0.5) is 5.82 Å². The number of anilines is 1. The summed E-state index contributed by atoms with van der Waals surface area (Å²) < 4.78 is 12.3. The van der Waals surface area contributed by atoms with E-state index in [9.17, 15) is 14.7 Å². The third-order valence-corrected chi connectivity index (χ3v) is 4.50. The number of carbonyl (C=O) groups is 1. The van der Waals surface area contributed by atoms with Gasteiger partial charge in [0.05, 0.1) is 6.61 Å². The zero-order chi connectivity index (χ0) is 20.4. The zero-order valence-electron chi connectivity index (χ0n) is 15.2. The first-order valence-corrected chi connectivity index (χ1v) is 8.32. The Kier molecular flexibility index (Phi) is 6.06. The Morgan fingerprint density at radius 3 is 2.81 bits per heavy atom. The standard InChI is InChI=1S/C15H23N7O5/c1-7(2)10(17)13(24)26-11-8(3)12(27-15(11,6-23)20-21-18)22-5-4-9(16)19-14(22)25/h4-5,7-8,10-12,23H,6,17H2,1-3H3,(H2,16,19,25)/t8-,10-,11-,12?,15?/m0/s1. The van der Waals surface area contributed by atoms with Crippen molar-refractivity contribution in [1.82, 2.24) is 9.55 Å². The van der Waals surface area contributed by atoms with E-state index in [0.29, 0.717) is 0 Å². The van der Waals surface area contributed by atoms with Crippen LogP contribution in [0.5, 0.6) is 0 Å². The van der Waals surface area contributed by atoms with Crippen molar-refractivity contribution in [2.45, 2.75) is 44.9 Å². The molecule has 5 N–H and O–H groups in total. The van der Waals surface area contributed by atoms with Crippen molar-refractivity contribution in [1.29, 1.82) is 0 Å². The number of hydrogen-bond donors (Lipinski definition) is 3. The number of nitrogens with zero attached hydrogens (tertiary/aromatic N) is 5. The molecule has 0 amide bonds. The molecule has 0 radical (unpaired) electrons. The predicted octanol–water partition coefficient (Wildman–Crippen LogP) is -0.116. The molecule has 0 aromatic carbocycles. The highest BCUT2D eigenvalue weighted by Crippen LogP contribution is 2.43. The molecular weight excluding hydrogens is 358 g/mol. The van der Waals surface area contributed by atoms with Crippen molar-refractivity contribution in [3.63, 3.8) is 0 Å². The third kappa shape index (κ3) is 3.88. The van der Waals surface area contributed by atoms with Gasteiger partial charge in [-0.25, -0.2) is 4.79 Å². The molecule has 1 aromatic rings. The highest BCUT2D eigenvalue weighted by Gasteiger charge is 2.56. The number of aromatic nitrogens is 2. The van der Waals surface area contributed by atoms with Crippen LogP contribution >= 0.6 is 0 Å². The van der Waals surface area contributed by atoms with Crippen molar-refractivity contribution in [2.75, 3.05) is 12.3 Å². The molecule has 1 aliphatic rings. The molecule has 27 heavy (non-hydrogen) atoms. The lowest BCUT2D eigenvalue weighted by molar-refractivity contribution is -0.169. The van der Waals surface area contributed by atoms with E-state index in [1.165, 1.54) is 12.3 Å². The second-order valence-corrected chi connectivity index (χ2v) is 6.73. The molecule has 1 aliphatic heterocycles. The maximum atomic E-state index is 12.3. The molecule has 2 unspecified atom stereocenters. The van der Waals surface area contributed by atoms with Gasteiger partial charge in [0.15, 0.2) is 0 Å². The van der Waals surface area contributed by atoms with Gasteiger partial charge in [-0.05, 0) is 17.5 Å². The second kappa shape index (κ2) is 7.92. The molecule has 1 fully saturated rings. The molecule has 2 heterocycles. The van der Waals surface area contributed by atoms with Crippen molar-refractivity contribution < 1.29 is 19.4 Å². The van der Waals surface area contributed by atoms with E-state index in [-0.39, 0.29) is 11.7 Å². The molecule has 148 valence electrons. The summed E-state index contributed by atoms with van der Waals surface area (Å²) in [6.07, 6.45) is -0.838. The number of aliphatic hydroxyl groups excluding tert-OH is 1. The van der Waals surface area contributed by atoms with Crippen molar-refractivity contribution in [3.05, 3.63) is 33.2 Å². The minimum Gasteiger partial charge on any atom is -0.457 e. The van der Waals surface area contributed by atoms with Crippen LogP contribution in [0.3, 0.4) is 0 Å². The average Bonchev–Trinajstić information content (AvgIpc) is 2.87. The molecule has 5 atom stereocenters. The number of ether oxygens (including phenoxy) is 2. The Morgan fingerprint density at radius 1 is 1.63 bits per heavy atom. The number of aliphatic hydroxyl groups is 1. The quantitative estimate of drug-likeness (QED) is 0.263. The van der Waals surface area contributed by atoms with Gasteiger partial charge < -0.3 is 26.0 Å². The van der Waals surface area contributed by atoms with Gasteiger partial charge in [-0.3, -0.25) is 9.36 Å². The number of carbonyl (C=O) groups excluding carboxylic acids is 1. The Labute approximate surface area is 154 Å². The van der Waals surface area contributed by atoms with Crippen LogP contribution in [-0.2, 0) is 14.3 Å². The fraction of sp³-hybridized carbons (Fsp3) is 0.667. The lowest BCUT2D eigenvalue weighted by atomic mass is 9.97. The van der Waals surface area contributed by atoms with E-state index in [1.54, 1.807) is 20.8 Å². The molecular formula is C15H23N7O5. The maximum Gasteiger partial charge on any atom is 0.351 e. The number of nitrogens with two attached hydrogens (primary N) is 2. The molecule has 0 bridgehead atoms. The van der Waals surface area contributed by atoms with Crippen LogP contribution < -0.4 is 17.2 Å². The number of esters is 1. The van der Waals surface area contributed by atoms with E-state index >= 15 is 0 Å². The number of hydrogen-bond acceptors (Lipinski definition) is 9. The Hall–Kier alpha value is -2.66. The lowest BCUT2D eigenvalue weighted by Gasteiger charge is -2.29. The SMILES string of the molecule is CC(C)[C@H](N)C(=O)O[C@H]1[C@H](C)C(n2ccc(N)nc2=O)OC1(CO)N=[N+]=[N-]. The van der Waals surface area contributed by atoms with Gasteiger partial charge >= 0.3 is 11.7 Å². The number of nitrogen functional groups attached to an aromatic ring is 1. The number of azide groups is 1. The van der Waals surface area contributed by atoms with Crippen LogP contribution in [0.25, 0.3) is 10.4 Å². The molecule has 1 aromatic heterocycles. The number of rotatable bonds is 6. The van der Waals surface area contributed by atoms with Gasteiger partial charge in [0.2, 0.25) is 5.72 Å². The molecule has 12 heteroatoms. The molecule has 12 nitrogen and oxygen atoms in total. The zero-order valence-corrected chi connectivity index (χ0v) is 15.2. The first kappa shape index (κ1) is 20.6. The summed E-state index contributed by atoms with van der Waals surface area (Å²) in [5.74, 6) is -1.58. The van der Waals surface area contributed by atoms with E-state index in [0.717, 1.165) is 4.57 Å². The Balaban J connectivity index is 2.44. The van der Waals surface area contributed by atoms with Gasteiger partial charge in [-0.1, -0.05) is 25.9 Å². The summed E-state index contributed by atoms with van der Waals surface area (Å²) >= 11 is 0. The largest absolute Gasteiger partial charge is 0.457 e. The van der Waals surface area contributed by atoms with Crippen molar-refractivity contribution in [3.8, 4) is 0 Å². The molecule has 2 rings (SSSR count).